The van der Waals surface area contributed by atoms with Crippen molar-refractivity contribution in [1.82, 2.24) is 10.6 Å². The molecule has 0 spiro atoms. The first-order valence-corrected chi connectivity index (χ1v) is 6.51. The largest absolute Gasteiger partial charge is 0.390 e. The molecule has 108 valence electrons. The Bertz CT molecular complexity index is 530. The fourth-order valence-electron chi connectivity index (χ4n) is 2.32. The van der Waals surface area contributed by atoms with Gasteiger partial charge in [-0.05, 0) is 23.6 Å². The lowest BCUT2D eigenvalue weighted by Crippen LogP contribution is -2.28. The first-order valence-electron chi connectivity index (χ1n) is 6.51. The molecule has 0 bridgehead atoms. The van der Waals surface area contributed by atoms with Crippen LogP contribution in [0.4, 0.5) is 0 Å². The highest BCUT2D eigenvalue weighted by Crippen LogP contribution is 2.27. The van der Waals surface area contributed by atoms with E-state index in [0.29, 0.717) is 24.2 Å². The second kappa shape index (κ2) is 6.02. The zero-order valence-electron chi connectivity index (χ0n) is 11.2. The van der Waals surface area contributed by atoms with E-state index in [1.807, 2.05) is 0 Å². The van der Waals surface area contributed by atoms with Gasteiger partial charge in [0.05, 0.1) is 6.10 Å². The smallest absolute Gasteiger partial charge is 0.251 e. The van der Waals surface area contributed by atoms with Crippen molar-refractivity contribution in [3.05, 3.63) is 34.9 Å². The maximum Gasteiger partial charge on any atom is 0.251 e. The molecule has 20 heavy (non-hydrogen) atoms. The van der Waals surface area contributed by atoms with E-state index < -0.39 is 12.2 Å². The normalized spacial score (nSPS) is 16.2. The second-order valence-electron chi connectivity index (χ2n) is 4.84. The third kappa shape index (κ3) is 2.97. The molecule has 2 rings (SSSR count). The minimum atomic E-state index is -1.08. The molecule has 1 aromatic carbocycles. The average molecular weight is 278 g/mol. The number of aliphatic hydroxyl groups is 2. The van der Waals surface area contributed by atoms with Crippen LogP contribution in [0.25, 0.3) is 0 Å². The lowest BCUT2D eigenvalue weighted by molar-refractivity contribution is -0.119. The van der Waals surface area contributed by atoms with Crippen molar-refractivity contribution < 1.29 is 19.8 Å². The van der Waals surface area contributed by atoms with Crippen LogP contribution in [0.1, 0.15) is 40.9 Å². The second-order valence-corrected chi connectivity index (χ2v) is 4.84. The molecular formula is C14H18N2O4. The number of carbonyl (C=O) groups is 2. The van der Waals surface area contributed by atoms with Gasteiger partial charge in [0.15, 0.2) is 0 Å². The van der Waals surface area contributed by atoms with Gasteiger partial charge in [-0.1, -0.05) is 12.1 Å². The third-order valence-corrected chi connectivity index (χ3v) is 3.38. The molecule has 0 radical (unpaired) electrons. The highest BCUT2D eigenvalue weighted by Gasteiger charge is 2.27. The number of fused-ring (bicyclic) bond motifs is 1. The van der Waals surface area contributed by atoms with Crippen molar-refractivity contribution in [2.45, 2.75) is 32.1 Å². The van der Waals surface area contributed by atoms with E-state index in [-0.39, 0.29) is 18.2 Å². The molecule has 0 saturated heterocycles. The lowest BCUT2D eigenvalue weighted by Gasteiger charge is -2.20. The van der Waals surface area contributed by atoms with Gasteiger partial charge in [0.25, 0.3) is 5.91 Å². The minimum Gasteiger partial charge on any atom is -0.390 e. The van der Waals surface area contributed by atoms with E-state index in [0.717, 1.165) is 5.56 Å². The number of hydrogen-bond donors (Lipinski definition) is 4. The molecule has 1 heterocycles. The highest BCUT2D eigenvalue weighted by atomic mass is 16.3. The number of nitrogens with one attached hydrogen (secondary N) is 2. The maximum absolute atomic E-state index is 11.6. The van der Waals surface area contributed by atoms with Crippen LogP contribution in [0, 0.1) is 0 Å². The van der Waals surface area contributed by atoms with E-state index in [1.165, 1.54) is 6.92 Å². The van der Waals surface area contributed by atoms with Gasteiger partial charge in [0.2, 0.25) is 5.91 Å². The van der Waals surface area contributed by atoms with Gasteiger partial charge >= 0.3 is 0 Å². The predicted octanol–water partition coefficient (Wildman–Crippen LogP) is -0.150. The summed E-state index contributed by atoms with van der Waals surface area (Å²) in [6.45, 7) is 2.05. The molecule has 2 atom stereocenters. The molecule has 6 heteroatoms. The van der Waals surface area contributed by atoms with Crippen LogP contribution in [0.3, 0.4) is 0 Å². The van der Waals surface area contributed by atoms with Crippen molar-refractivity contribution in [2.75, 3.05) is 6.54 Å². The molecule has 6 nitrogen and oxygen atoms in total. The molecular weight excluding hydrogens is 260 g/mol. The van der Waals surface area contributed by atoms with Crippen LogP contribution < -0.4 is 10.6 Å². The van der Waals surface area contributed by atoms with E-state index in [2.05, 4.69) is 10.6 Å². The number of benzene rings is 1. The summed E-state index contributed by atoms with van der Waals surface area (Å²) in [6, 6.07) is 5.08. The SMILES string of the molecule is CC(=O)NCCC(O)C(O)c1cccc2c1CNC2=O. The molecule has 4 N–H and O–H groups in total. The number of hydrogen-bond acceptors (Lipinski definition) is 4. The molecule has 0 fully saturated rings. The fourth-order valence-corrected chi connectivity index (χ4v) is 2.32. The number of amides is 2. The lowest BCUT2D eigenvalue weighted by atomic mass is 9.95. The fraction of sp³-hybridized carbons (Fsp3) is 0.429. The van der Waals surface area contributed by atoms with E-state index in [4.69, 9.17) is 0 Å². The van der Waals surface area contributed by atoms with Crippen molar-refractivity contribution in [3.63, 3.8) is 0 Å². The molecule has 1 aliphatic rings. The van der Waals surface area contributed by atoms with Crippen LogP contribution in [0.5, 0.6) is 0 Å². The van der Waals surface area contributed by atoms with Gasteiger partial charge in [-0.2, -0.15) is 0 Å². The van der Waals surface area contributed by atoms with E-state index in [1.54, 1.807) is 18.2 Å². The summed E-state index contributed by atoms with van der Waals surface area (Å²) >= 11 is 0. The first-order chi connectivity index (χ1) is 9.50. The van der Waals surface area contributed by atoms with Gasteiger partial charge < -0.3 is 20.8 Å². The molecule has 1 aromatic rings. The summed E-state index contributed by atoms with van der Waals surface area (Å²) in [4.78, 5) is 22.3. The monoisotopic (exact) mass is 278 g/mol. The van der Waals surface area contributed by atoms with Gasteiger partial charge in [-0.25, -0.2) is 0 Å². The van der Waals surface area contributed by atoms with Crippen LogP contribution in [0.2, 0.25) is 0 Å². The molecule has 0 aromatic heterocycles. The molecule has 2 amide bonds. The minimum absolute atomic E-state index is 0.165. The number of rotatable bonds is 5. The van der Waals surface area contributed by atoms with Gasteiger partial charge in [0.1, 0.15) is 6.10 Å². The molecule has 2 unspecified atom stereocenters. The first kappa shape index (κ1) is 14.5. The van der Waals surface area contributed by atoms with Gasteiger partial charge in [0, 0.05) is 25.6 Å². The van der Waals surface area contributed by atoms with E-state index in [9.17, 15) is 19.8 Å². The van der Waals surface area contributed by atoms with Crippen LogP contribution in [-0.2, 0) is 11.3 Å². The zero-order valence-corrected chi connectivity index (χ0v) is 11.2. The van der Waals surface area contributed by atoms with Crippen molar-refractivity contribution >= 4 is 11.8 Å². The number of carbonyl (C=O) groups excluding carboxylic acids is 2. The Labute approximate surface area is 116 Å². The summed E-state index contributed by atoms with van der Waals surface area (Å²) in [5.74, 6) is -0.344. The third-order valence-electron chi connectivity index (χ3n) is 3.38. The summed E-state index contributed by atoms with van der Waals surface area (Å²) in [5, 5.41) is 25.4. The van der Waals surface area contributed by atoms with Crippen LogP contribution in [-0.4, -0.2) is 34.7 Å². The molecule has 0 aliphatic carbocycles. The maximum atomic E-state index is 11.6. The average Bonchev–Trinajstić information content (AvgIpc) is 2.79. The van der Waals surface area contributed by atoms with Gasteiger partial charge in [-0.15, -0.1) is 0 Å². The van der Waals surface area contributed by atoms with Crippen molar-refractivity contribution in [1.29, 1.82) is 0 Å². The summed E-state index contributed by atoms with van der Waals surface area (Å²) < 4.78 is 0. The Hall–Kier alpha value is -1.92. The van der Waals surface area contributed by atoms with Crippen LogP contribution in [0.15, 0.2) is 18.2 Å². The highest BCUT2D eigenvalue weighted by molar-refractivity contribution is 5.98. The molecule has 0 saturated carbocycles. The Morgan fingerprint density at radius 2 is 2.20 bits per heavy atom. The van der Waals surface area contributed by atoms with Crippen molar-refractivity contribution in [2.24, 2.45) is 0 Å². The summed E-state index contributed by atoms with van der Waals surface area (Å²) in [7, 11) is 0. The summed E-state index contributed by atoms with van der Waals surface area (Å²) in [6.07, 6.45) is -1.83. The number of aliphatic hydroxyl groups excluding tert-OH is 2. The van der Waals surface area contributed by atoms with Crippen LogP contribution >= 0.6 is 0 Å². The predicted molar refractivity (Wildman–Crippen MR) is 71.9 cm³/mol. The Kier molecular flexibility index (Phi) is 4.36. The Morgan fingerprint density at radius 1 is 1.45 bits per heavy atom. The Balaban J connectivity index is 2.08. The van der Waals surface area contributed by atoms with Gasteiger partial charge in [-0.3, -0.25) is 9.59 Å². The van der Waals surface area contributed by atoms with Crippen molar-refractivity contribution in [3.8, 4) is 0 Å². The topological polar surface area (TPSA) is 98.7 Å². The van der Waals surface area contributed by atoms with E-state index >= 15 is 0 Å². The standard InChI is InChI=1S/C14H18N2O4/c1-8(17)15-6-5-12(18)13(19)9-3-2-4-10-11(9)7-16-14(10)20/h2-4,12-13,18-19H,5-7H2,1H3,(H,15,17)(H,16,20). The molecule has 1 aliphatic heterocycles. The Morgan fingerprint density at radius 3 is 2.90 bits per heavy atom. The summed E-state index contributed by atoms with van der Waals surface area (Å²) in [5.41, 5.74) is 1.82. The zero-order chi connectivity index (χ0) is 14.7. The quantitative estimate of drug-likeness (QED) is 0.602.